The molecule has 0 saturated carbocycles. The molecule has 0 aliphatic carbocycles. The molecule has 2 rings (SSSR count). The topological polar surface area (TPSA) is 50.2 Å². The van der Waals surface area contributed by atoms with Crippen molar-refractivity contribution in [3.63, 3.8) is 0 Å². The van der Waals surface area contributed by atoms with E-state index >= 15 is 0 Å². The Hall–Kier alpha value is -2.00. The first-order chi connectivity index (χ1) is 9.43. The van der Waals surface area contributed by atoms with Crippen molar-refractivity contribution in [2.24, 2.45) is 0 Å². The Bertz CT molecular complexity index is 639. The van der Waals surface area contributed by atoms with Crippen LogP contribution in [0.3, 0.4) is 0 Å². The van der Waals surface area contributed by atoms with Crippen LogP contribution in [0.15, 0.2) is 24.4 Å². The predicted octanol–water partition coefficient (Wildman–Crippen LogP) is 3.21. The Morgan fingerprint density at radius 2 is 1.65 bits per heavy atom. The Kier molecular flexibility index (Phi) is 4.00. The fraction of sp³-hybridized carbons (Fsp3) is 0.294. The maximum absolute atomic E-state index is 10.7. The summed E-state index contributed by atoms with van der Waals surface area (Å²) in [7, 11) is 0. The van der Waals surface area contributed by atoms with Crippen LogP contribution in [0.2, 0.25) is 0 Å². The van der Waals surface area contributed by atoms with Crippen LogP contribution >= 0.6 is 0 Å². The molecule has 3 heteroatoms. The first kappa shape index (κ1) is 14.4. The molecule has 0 bridgehead atoms. The number of aromatic nitrogens is 1. The summed E-state index contributed by atoms with van der Waals surface area (Å²) in [5.41, 5.74) is 7.06. The molecule has 0 aliphatic heterocycles. The highest BCUT2D eigenvalue weighted by atomic mass is 16.3. The molecule has 1 atom stereocenters. The molecule has 2 aromatic rings. The normalized spacial score (nSPS) is 12.2. The molecular formula is C17H19NO2. The Morgan fingerprint density at radius 3 is 2.15 bits per heavy atom. The van der Waals surface area contributed by atoms with Crippen LogP contribution in [0.1, 0.15) is 34.1 Å². The summed E-state index contributed by atoms with van der Waals surface area (Å²) in [6.45, 7) is 8.00. The van der Waals surface area contributed by atoms with Gasteiger partial charge < -0.3 is 9.90 Å². The van der Waals surface area contributed by atoms with Gasteiger partial charge >= 0.3 is 0 Å². The SMILES string of the molecule is Cc1cc(-c2c(C)cc(C(O)C=O)cc2C)cnc1C. The zero-order chi connectivity index (χ0) is 14.9. The van der Waals surface area contributed by atoms with Crippen LogP contribution in [-0.2, 0) is 4.79 Å². The van der Waals surface area contributed by atoms with E-state index in [2.05, 4.69) is 11.1 Å². The van der Waals surface area contributed by atoms with Gasteiger partial charge in [-0.2, -0.15) is 0 Å². The Morgan fingerprint density at radius 1 is 1.05 bits per heavy atom. The summed E-state index contributed by atoms with van der Waals surface area (Å²) in [6.07, 6.45) is 1.36. The van der Waals surface area contributed by atoms with E-state index < -0.39 is 6.10 Å². The summed E-state index contributed by atoms with van der Waals surface area (Å²) >= 11 is 0. The van der Waals surface area contributed by atoms with Gasteiger partial charge in [-0.25, -0.2) is 0 Å². The number of pyridine rings is 1. The fourth-order valence-electron chi connectivity index (χ4n) is 2.48. The van der Waals surface area contributed by atoms with Crippen molar-refractivity contribution in [1.82, 2.24) is 4.98 Å². The lowest BCUT2D eigenvalue weighted by atomic mass is 9.92. The number of aldehydes is 1. The van der Waals surface area contributed by atoms with Crippen molar-refractivity contribution >= 4 is 6.29 Å². The van der Waals surface area contributed by atoms with Crippen molar-refractivity contribution in [2.45, 2.75) is 33.8 Å². The van der Waals surface area contributed by atoms with Gasteiger partial charge in [0.25, 0.3) is 0 Å². The number of nitrogens with zero attached hydrogens (tertiary/aromatic N) is 1. The van der Waals surface area contributed by atoms with Gasteiger partial charge in [0.1, 0.15) is 6.10 Å². The first-order valence-electron chi connectivity index (χ1n) is 6.62. The second-order valence-corrected chi connectivity index (χ2v) is 5.24. The van der Waals surface area contributed by atoms with Crippen molar-refractivity contribution in [3.8, 4) is 11.1 Å². The number of aryl methyl sites for hydroxylation is 4. The van der Waals surface area contributed by atoms with Crippen LogP contribution in [0, 0.1) is 27.7 Å². The maximum atomic E-state index is 10.7. The zero-order valence-electron chi connectivity index (χ0n) is 12.3. The second kappa shape index (κ2) is 5.55. The van der Waals surface area contributed by atoms with E-state index in [1.807, 2.05) is 46.0 Å². The van der Waals surface area contributed by atoms with Gasteiger partial charge in [0.15, 0.2) is 6.29 Å². The lowest BCUT2D eigenvalue weighted by Crippen LogP contribution is -2.01. The molecule has 1 unspecified atom stereocenters. The third-order valence-corrected chi connectivity index (χ3v) is 3.65. The zero-order valence-corrected chi connectivity index (χ0v) is 12.3. The third kappa shape index (κ3) is 2.63. The molecule has 1 aromatic heterocycles. The van der Waals surface area contributed by atoms with Crippen molar-refractivity contribution in [1.29, 1.82) is 0 Å². The van der Waals surface area contributed by atoms with Crippen molar-refractivity contribution < 1.29 is 9.90 Å². The molecule has 3 nitrogen and oxygen atoms in total. The standard InChI is InChI=1S/C17H19NO2/c1-10-5-15(8-18-13(10)4)17-11(2)6-14(7-12(17)3)16(20)9-19/h5-9,16,20H,1-4H3. The van der Waals surface area contributed by atoms with Crippen LogP contribution in [-0.4, -0.2) is 16.4 Å². The van der Waals surface area contributed by atoms with Crippen molar-refractivity contribution in [3.05, 3.63) is 52.3 Å². The molecule has 0 fully saturated rings. The summed E-state index contributed by atoms with van der Waals surface area (Å²) in [5, 5.41) is 9.64. The highest BCUT2D eigenvalue weighted by Crippen LogP contribution is 2.30. The van der Waals surface area contributed by atoms with Crippen molar-refractivity contribution in [2.75, 3.05) is 0 Å². The number of aliphatic hydroxyl groups is 1. The molecule has 20 heavy (non-hydrogen) atoms. The highest BCUT2D eigenvalue weighted by Gasteiger charge is 2.12. The van der Waals surface area contributed by atoms with E-state index in [4.69, 9.17) is 0 Å². The van der Waals surface area contributed by atoms with Crippen LogP contribution < -0.4 is 0 Å². The summed E-state index contributed by atoms with van der Waals surface area (Å²) in [4.78, 5) is 15.1. The van der Waals surface area contributed by atoms with E-state index in [0.29, 0.717) is 11.8 Å². The number of rotatable bonds is 3. The Balaban J connectivity index is 2.57. The molecule has 0 spiro atoms. The van der Waals surface area contributed by atoms with E-state index in [-0.39, 0.29) is 0 Å². The first-order valence-corrected chi connectivity index (χ1v) is 6.62. The van der Waals surface area contributed by atoms with E-state index in [1.165, 1.54) is 0 Å². The number of benzene rings is 1. The van der Waals surface area contributed by atoms with E-state index in [1.54, 1.807) is 0 Å². The smallest absolute Gasteiger partial charge is 0.153 e. The lowest BCUT2D eigenvalue weighted by molar-refractivity contribution is -0.115. The van der Waals surface area contributed by atoms with Crippen LogP contribution in [0.25, 0.3) is 11.1 Å². The van der Waals surface area contributed by atoms with Crippen LogP contribution in [0.4, 0.5) is 0 Å². The molecule has 0 aliphatic rings. The van der Waals surface area contributed by atoms with Gasteiger partial charge in [-0.05, 0) is 61.6 Å². The number of hydrogen-bond donors (Lipinski definition) is 1. The fourth-order valence-corrected chi connectivity index (χ4v) is 2.48. The predicted molar refractivity (Wildman–Crippen MR) is 79.6 cm³/mol. The average Bonchev–Trinajstić information content (AvgIpc) is 2.41. The summed E-state index contributed by atoms with van der Waals surface area (Å²) in [5.74, 6) is 0. The minimum atomic E-state index is -1.06. The quantitative estimate of drug-likeness (QED) is 0.870. The number of hydrogen-bond acceptors (Lipinski definition) is 3. The largest absolute Gasteiger partial charge is 0.381 e. The molecule has 0 radical (unpaired) electrons. The molecule has 1 N–H and O–H groups in total. The van der Waals surface area contributed by atoms with E-state index in [9.17, 15) is 9.90 Å². The summed E-state index contributed by atoms with van der Waals surface area (Å²) in [6, 6.07) is 5.83. The van der Waals surface area contributed by atoms with Gasteiger partial charge in [-0.15, -0.1) is 0 Å². The van der Waals surface area contributed by atoms with E-state index in [0.717, 1.165) is 33.5 Å². The summed E-state index contributed by atoms with van der Waals surface area (Å²) < 4.78 is 0. The van der Waals surface area contributed by atoms with Gasteiger partial charge in [-0.1, -0.05) is 12.1 Å². The third-order valence-electron chi connectivity index (χ3n) is 3.65. The van der Waals surface area contributed by atoms with Crippen LogP contribution in [0.5, 0.6) is 0 Å². The number of aliphatic hydroxyl groups excluding tert-OH is 1. The molecule has 0 amide bonds. The average molecular weight is 269 g/mol. The molecule has 0 saturated heterocycles. The van der Waals surface area contributed by atoms with Gasteiger partial charge in [0.2, 0.25) is 0 Å². The van der Waals surface area contributed by atoms with Gasteiger partial charge in [0, 0.05) is 17.5 Å². The molecular weight excluding hydrogens is 250 g/mol. The second-order valence-electron chi connectivity index (χ2n) is 5.24. The molecule has 1 heterocycles. The maximum Gasteiger partial charge on any atom is 0.153 e. The highest BCUT2D eigenvalue weighted by molar-refractivity contribution is 5.72. The van der Waals surface area contributed by atoms with Gasteiger partial charge in [0.05, 0.1) is 0 Å². The minimum absolute atomic E-state index is 0.547. The lowest BCUT2D eigenvalue weighted by Gasteiger charge is -2.14. The molecule has 1 aromatic carbocycles. The molecule has 104 valence electrons. The van der Waals surface area contributed by atoms with Gasteiger partial charge in [-0.3, -0.25) is 4.98 Å². The minimum Gasteiger partial charge on any atom is -0.381 e. The Labute approximate surface area is 119 Å². The number of carbonyl (C=O) groups is 1. The monoisotopic (exact) mass is 269 g/mol. The number of carbonyl (C=O) groups excluding carboxylic acids is 1.